The lowest BCUT2D eigenvalue weighted by molar-refractivity contribution is -0.136. The van der Waals surface area contributed by atoms with Gasteiger partial charge in [-0.1, -0.05) is 19.0 Å². The average Bonchev–Trinajstić information content (AvgIpc) is 3.51. The summed E-state index contributed by atoms with van der Waals surface area (Å²) in [4.78, 5) is 45.5. The Morgan fingerprint density at radius 3 is 2.71 bits per heavy atom. The number of fused-ring (bicyclic) bond motifs is 3. The van der Waals surface area contributed by atoms with Crippen LogP contribution in [0.25, 0.3) is 0 Å². The first kappa shape index (κ1) is 29.6. The van der Waals surface area contributed by atoms with Crippen LogP contribution in [0.3, 0.4) is 0 Å². The monoisotopic (exact) mass is 567 g/mol. The topological polar surface area (TPSA) is 154 Å². The number of aryl methyl sites for hydroxylation is 2. The van der Waals surface area contributed by atoms with Crippen molar-refractivity contribution in [2.45, 2.75) is 53.1 Å². The Hall–Kier alpha value is -4.42. The van der Waals surface area contributed by atoms with Gasteiger partial charge < -0.3 is 29.5 Å². The van der Waals surface area contributed by atoms with Crippen molar-refractivity contribution in [3.63, 3.8) is 0 Å². The summed E-state index contributed by atoms with van der Waals surface area (Å²) >= 11 is 0. The second-order valence-corrected chi connectivity index (χ2v) is 10.3. The summed E-state index contributed by atoms with van der Waals surface area (Å²) in [6, 6.07) is 6.22. The third-order valence-corrected chi connectivity index (χ3v) is 6.63. The van der Waals surface area contributed by atoms with E-state index in [0.29, 0.717) is 59.7 Å². The number of ether oxygens (including phenoxy) is 2. The number of benzene rings is 1. The molecule has 3 aromatic rings. The first-order valence-electron chi connectivity index (χ1n) is 13.6. The van der Waals surface area contributed by atoms with Gasteiger partial charge in [-0.2, -0.15) is 5.10 Å². The Morgan fingerprint density at radius 1 is 1.20 bits per heavy atom. The minimum Gasteiger partial charge on any atom is -0.493 e. The van der Waals surface area contributed by atoms with Crippen LogP contribution >= 0.6 is 0 Å². The van der Waals surface area contributed by atoms with Crippen LogP contribution in [-0.2, 0) is 22.6 Å². The van der Waals surface area contributed by atoms with Gasteiger partial charge >= 0.3 is 0 Å². The molecule has 41 heavy (non-hydrogen) atoms. The van der Waals surface area contributed by atoms with Crippen molar-refractivity contribution in [3.8, 4) is 11.5 Å². The van der Waals surface area contributed by atoms with Crippen molar-refractivity contribution in [3.05, 3.63) is 52.9 Å². The van der Waals surface area contributed by atoms with E-state index in [0.717, 1.165) is 0 Å². The Bertz CT molecular complexity index is 1380. The van der Waals surface area contributed by atoms with E-state index in [1.165, 1.54) is 12.0 Å². The molecule has 0 fully saturated rings. The molecular formula is C28H37N7O6. The van der Waals surface area contributed by atoms with Crippen molar-refractivity contribution >= 4 is 17.7 Å². The molecule has 1 aromatic carbocycles. The SMILES string of the molecule is COc1ccc2cc1OCCn1nc(C)nc1[C@H](C(C)C)NC(=O)CN(C(=O)Cc1cc(C)no1)CCCNC2=O. The summed E-state index contributed by atoms with van der Waals surface area (Å²) in [6.45, 7) is 8.47. The Morgan fingerprint density at radius 2 is 2.00 bits per heavy atom. The molecular weight excluding hydrogens is 530 g/mol. The first-order chi connectivity index (χ1) is 19.6. The quantitative estimate of drug-likeness (QED) is 0.482. The molecule has 0 saturated heterocycles. The molecule has 1 aliphatic rings. The van der Waals surface area contributed by atoms with Crippen LogP contribution in [0.15, 0.2) is 28.8 Å². The van der Waals surface area contributed by atoms with Gasteiger partial charge in [0.05, 0.1) is 38.4 Å². The van der Waals surface area contributed by atoms with E-state index in [4.69, 9.17) is 14.0 Å². The number of rotatable bonds is 4. The molecule has 0 unspecified atom stereocenters. The van der Waals surface area contributed by atoms with Crippen LogP contribution in [0.4, 0.5) is 0 Å². The van der Waals surface area contributed by atoms with E-state index in [1.54, 1.807) is 42.8 Å². The maximum atomic E-state index is 13.3. The van der Waals surface area contributed by atoms with Crippen LogP contribution in [0.2, 0.25) is 0 Å². The fourth-order valence-electron chi connectivity index (χ4n) is 4.59. The van der Waals surface area contributed by atoms with Gasteiger partial charge in [0.1, 0.15) is 24.0 Å². The zero-order valence-corrected chi connectivity index (χ0v) is 24.1. The number of hydrogen-bond acceptors (Lipinski definition) is 9. The van der Waals surface area contributed by atoms with E-state index in [2.05, 4.69) is 25.9 Å². The van der Waals surface area contributed by atoms with Crippen molar-refractivity contribution in [2.75, 3.05) is 33.4 Å². The fraction of sp³-hybridized carbons (Fsp3) is 0.500. The van der Waals surface area contributed by atoms with E-state index >= 15 is 0 Å². The average molecular weight is 568 g/mol. The van der Waals surface area contributed by atoms with Gasteiger partial charge in [-0.05, 0) is 44.4 Å². The molecule has 0 saturated carbocycles. The van der Waals surface area contributed by atoms with Crippen molar-refractivity contribution in [2.24, 2.45) is 5.92 Å². The van der Waals surface area contributed by atoms with Crippen LogP contribution in [0.1, 0.15) is 59.8 Å². The number of carbonyl (C=O) groups is 3. The summed E-state index contributed by atoms with van der Waals surface area (Å²) in [6.07, 6.45) is 0.400. The number of nitrogens with zero attached hydrogens (tertiary/aromatic N) is 5. The van der Waals surface area contributed by atoms with Crippen LogP contribution in [0, 0.1) is 19.8 Å². The smallest absolute Gasteiger partial charge is 0.251 e. The third kappa shape index (κ3) is 7.62. The van der Waals surface area contributed by atoms with E-state index < -0.39 is 6.04 Å². The van der Waals surface area contributed by atoms with Gasteiger partial charge in [0.25, 0.3) is 5.91 Å². The predicted molar refractivity (Wildman–Crippen MR) is 147 cm³/mol. The number of methoxy groups -OCH3 is 1. The lowest BCUT2D eigenvalue weighted by Gasteiger charge is -2.26. The molecule has 0 radical (unpaired) electrons. The molecule has 13 heteroatoms. The fourth-order valence-corrected chi connectivity index (χ4v) is 4.59. The normalized spacial score (nSPS) is 17.1. The van der Waals surface area contributed by atoms with Gasteiger partial charge in [0.2, 0.25) is 11.8 Å². The standard InChI is InChI=1S/C28H37N7O6/c1-17(2)26-27-30-19(4)32-35(27)11-12-40-23-14-20(7-8-22(23)39-5)28(38)29-9-6-10-34(16-24(36)31-26)25(37)15-21-13-18(3)33-41-21/h7-8,13-14,17,26H,6,9-12,15-16H2,1-5H3,(H,29,38)(H,31,36)/t26-/m0/s1. The third-order valence-electron chi connectivity index (χ3n) is 6.63. The number of aromatic nitrogens is 4. The predicted octanol–water partition coefficient (Wildman–Crippen LogP) is 1.99. The van der Waals surface area contributed by atoms with Crippen LogP contribution < -0.4 is 20.1 Å². The zero-order valence-electron chi connectivity index (χ0n) is 24.1. The van der Waals surface area contributed by atoms with Gasteiger partial charge in [-0.3, -0.25) is 14.4 Å². The van der Waals surface area contributed by atoms with E-state index in [1.807, 2.05) is 13.8 Å². The minimum atomic E-state index is -0.450. The Balaban J connectivity index is 1.62. The molecule has 1 atom stereocenters. The summed E-state index contributed by atoms with van der Waals surface area (Å²) in [7, 11) is 1.53. The molecule has 220 valence electrons. The largest absolute Gasteiger partial charge is 0.493 e. The number of carbonyl (C=O) groups excluding carboxylic acids is 3. The summed E-state index contributed by atoms with van der Waals surface area (Å²) in [5, 5.41) is 14.3. The molecule has 13 nitrogen and oxygen atoms in total. The minimum absolute atomic E-state index is 0.0128. The lowest BCUT2D eigenvalue weighted by Crippen LogP contribution is -2.44. The molecule has 2 N–H and O–H groups in total. The molecule has 0 spiro atoms. The van der Waals surface area contributed by atoms with Crippen molar-refractivity contribution < 1.29 is 28.4 Å². The molecule has 1 aliphatic heterocycles. The van der Waals surface area contributed by atoms with E-state index in [-0.39, 0.29) is 49.8 Å². The molecule has 3 amide bonds. The number of hydrogen-bond donors (Lipinski definition) is 2. The van der Waals surface area contributed by atoms with Crippen molar-refractivity contribution in [1.82, 2.24) is 35.5 Å². The molecule has 4 rings (SSSR count). The zero-order chi connectivity index (χ0) is 29.5. The summed E-state index contributed by atoms with van der Waals surface area (Å²) in [5.41, 5.74) is 1.08. The maximum absolute atomic E-state index is 13.3. The summed E-state index contributed by atoms with van der Waals surface area (Å²) in [5.74, 6) is 1.56. The Kier molecular flexibility index (Phi) is 9.58. The molecule has 3 heterocycles. The van der Waals surface area contributed by atoms with Gasteiger partial charge in [0, 0.05) is 24.7 Å². The highest BCUT2D eigenvalue weighted by Crippen LogP contribution is 2.28. The second kappa shape index (κ2) is 13.3. The van der Waals surface area contributed by atoms with Gasteiger partial charge in [-0.15, -0.1) is 0 Å². The molecule has 0 aliphatic carbocycles. The Labute approximate surface area is 238 Å². The number of nitrogens with one attached hydrogen (secondary N) is 2. The van der Waals surface area contributed by atoms with Gasteiger partial charge in [-0.25, -0.2) is 9.67 Å². The lowest BCUT2D eigenvalue weighted by atomic mass is 10.0. The number of amides is 3. The van der Waals surface area contributed by atoms with Crippen LogP contribution in [-0.4, -0.2) is 75.9 Å². The highest BCUT2D eigenvalue weighted by atomic mass is 16.5. The van der Waals surface area contributed by atoms with Crippen molar-refractivity contribution in [1.29, 1.82) is 0 Å². The molecule has 2 bridgehead atoms. The highest BCUT2D eigenvalue weighted by Gasteiger charge is 2.27. The van der Waals surface area contributed by atoms with E-state index in [9.17, 15) is 14.4 Å². The second-order valence-electron chi connectivity index (χ2n) is 10.3. The maximum Gasteiger partial charge on any atom is 0.251 e. The first-order valence-corrected chi connectivity index (χ1v) is 13.6. The molecule has 2 aromatic heterocycles. The summed E-state index contributed by atoms with van der Waals surface area (Å²) < 4.78 is 18.3. The van der Waals surface area contributed by atoms with Crippen LogP contribution in [0.5, 0.6) is 11.5 Å². The van der Waals surface area contributed by atoms with Gasteiger partial charge in [0.15, 0.2) is 11.5 Å². The highest BCUT2D eigenvalue weighted by molar-refractivity contribution is 5.94.